The fourth-order valence-corrected chi connectivity index (χ4v) is 10.1. The van der Waals surface area contributed by atoms with E-state index in [-0.39, 0.29) is 10.9 Å². The standard InChI is InChI=1S/C54H87O2S.AsF6/c1-3-5-7-9-11-13-15-17-19-21-23-25-27-29-31-36-48-55-50-40-44-53(45-41-50)57(52-38-34-33-35-39-52)54-46-42-51(43-47-54)56-49-37-32-30-28-26-24-22-20-18-16-14-12-10-8-6-4-2;2-1(3,4,5,6)7/h33-35,38-47H,3-32,36-37,48-49H2,1-2H3;/q+1;-1. The molecule has 0 aromatic heterocycles. The van der Waals surface area contributed by atoms with Gasteiger partial charge in [-0.3, -0.25) is 0 Å². The third-order valence-electron chi connectivity index (χ3n) is 11.6. The Bertz CT molecular complexity index is 1420. The molecule has 0 unspecified atom stereocenters. The van der Waals surface area contributed by atoms with Crippen LogP contribution in [0.4, 0.5) is 20.8 Å². The van der Waals surface area contributed by atoms with Gasteiger partial charge >= 0.3 is 35.0 Å². The molecule has 3 aromatic rings. The SMILES string of the molecule is CCCCCCCCCCCCCCCCCCOc1ccc([S+](c2ccccc2)c2ccc(OCCCCCCCCCCCCCCCCCC)cc2)cc1.F[As-](F)(F)(F)(F)F. The van der Waals surface area contributed by atoms with Gasteiger partial charge in [0.05, 0.1) is 24.1 Å². The first-order valence-corrected chi connectivity index (χ1v) is 31.1. The van der Waals surface area contributed by atoms with E-state index in [4.69, 9.17) is 9.47 Å². The summed E-state index contributed by atoms with van der Waals surface area (Å²) >= 11 is -11.1. The summed E-state index contributed by atoms with van der Waals surface area (Å²) in [5.41, 5.74) is 0. The van der Waals surface area contributed by atoms with Crippen molar-refractivity contribution in [1.82, 2.24) is 0 Å². The van der Waals surface area contributed by atoms with E-state index in [2.05, 4.69) is 92.7 Å². The Labute approximate surface area is 391 Å². The molecule has 0 heterocycles. The average Bonchev–Trinajstić information content (AvgIpc) is 3.26. The molecule has 0 amide bonds. The number of hydrogen-bond acceptors (Lipinski definition) is 2. The zero-order chi connectivity index (χ0) is 46.5. The van der Waals surface area contributed by atoms with Crippen molar-refractivity contribution in [2.24, 2.45) is 0 Å². The van der Waals surface area contributed by atoms with E-state index < -0.39 is 14.2 Å². The molecule has 368 valence electrons. The summed E-state index contributed by atoms with van der Waals surface area (Å²) in [7, 11) is -0.179. The van der Waals surface area contributed by atoms with Gasteiger partial charge in [-0.05, 0) is 73.5 Å². The van der Waals surface area contributed by atoms with Gasteiger partial charge in [0, 0.05) is 0 Å². The average molecular weight is 989 g/mol. The van der Waals surface area contributed by atoms with E-state index in [0.29, 0.717) is 0 Å². The molecule has 3 aromatic carbocycles. The third-order valence-corrected chi connectivity index (χ3v) is 13.9. The van der Waals surface area contributed by atoms with E-state index >= 15 is 0 Å². The number of halogens is 6. The van der Waals surface area contributed by atoms with Crippen LogP contribution < -0.4 is 9.47 Å². The molecule has 0 radical (unpaired) electrons. The monoisotopic (exact) mass is 989 g/mol. The van der Waals surface area contributed by atoms with Crippen molar-refractivity contribution in [2.75, 3.05) is 13.2 Å². The normalized spacial score (nSPS) is 12.7. The maximum absolute atomic E-state index is 11.1. The van der Waals surface area contributed by atoms with Crippen LogP contribution in [0.3, 0.4) is 0 Å². The van der Waals surface area contributed by atoms with Crippen LogP contribution in [0.5, 0.6) is 11.5 Å². The molecule has 0 saturated heterocycles. The fourth-order valence-electron chi connectivity index (χ4n) is 7.99. The van der Waals surface area contributed by atoms with Crippen LogP contribution in [0.15, 0.2) is 93.5 Å². The molecule has 0 bridgehead atoms. The van der Waals surface area contributed by atoms with E-state index in [9.17, 15) is 20.8 Å². The van der Waals surface area contributed by atoms with Gasteiger partial charge in [-0.1, -0.05) is 225 Å². The van der Waals surface area contributed by atoms with Crippen LogP contribution in [0.1, 0.15) is 219 Å². The predicted molar refractivity (Wildman–Crippen MR) is 264 cm³/mol. The molecule has 0 aliphatic heterocycles. The maximum atomic E-state index is 9.91. The number of rotatable bonds is 39. The van der Waals surface area contributed by atoms with E-state index in [1.807, 2.05) is 0 Å². The van der Waals surface area contributed by atoms with Gasteiger partial charge in [0.2, 0.25) is 0 Å². The first kappa shape index (κ1) is 57.9. The fraction of sp³-hybridized carbons (Fsp3) is 0.667. The Balaban J connectivity index is 0.00000185. The molecule has 0 spiro atoms. The minimum absolute atomic E-state index is 0.179. The zero-order valence-electron chi connectivity index (χ0n) is 40.0. The first-order valence-electron chi connectivity index (χ1n) is 25.6. The molecular formula is C54H87AsF6O2S. The van der Waals surface area contributed by atoms with Crippen LogP contribution in [0.2, 0.25) is 0 Å². The summed E-state index contributed by atoms with van der Waals surface area (Å²) in [6.45, 7) is 6.22. The van der Waals surface area contributed by atoms with E-state index in [1.54, 1.807) is 0 Å². The summed E-state index contributed by atoms with van der Waals surface area (Å²) < 4.78 is 71.8. The van der Waals surface area contributed by atoms with Gasteiger partial charge in [0.25, 0.3) is 0 Å². The Hall–Kier alpha value is -2.25. The molecule has 0 N–H and O–H groups in total. The Morgan fingerprint density at radius 3 is 0.781 bits per heavy atom. The Morgan fingerprint density at radius 2 is 0.531 bits per heavy atom. The second-order valence-electron chi connectivity index (χ2n) is 17.8. The van der Waals surface area contributed by atoms with Crippen LogP contribution in [-0.2, 0) is 10.9 Å². The molecule has 64 heavy (non-hydrogen) atoms. The second-order valence-corrected chi connectivity index (χ2v) is 23.9. The predicted octanol–water partition coefficient (Wildman–Crippen LogP) is 20.2. The molecule has 0 fully saturated rings. The Morgan fingerprint density at radius 1 is 0.312 bits per heavy atom. The quantitative estimate of drug-likeness (QED) is 0.0245. The van der Waals surface area contributed by atoms with Crippen molar-refractivity contribution in [1.29, 1.82) is 0 Å². The second kappa shape index (κ2) is 34.1. The molecule has 10 heteroatoms. The van der Waals surface area contributed by atoms with Gasteiger partial charge in [-0.2, -0.15) is 0 Å². The number of hydrogen-bond donors (Lipinski definition) is 0. The van der Waals surface area contributed by atoms with E-state index in [0.717, 1.165) is 37.6 Å². The molecule has 0 saturated carbocycles. The molecule has 0 atom stereocenters. The number of ether oxygens (including phenoxy) is 2. The molecule has 2 nitrogen and oxygen atoms in total. The number of benzene rings is 3. The summed E-state index contributed by atoms with van der Waals surface area (Å²) in [6.07, 6.45) is 44.6. The van der Waals surface area contributed by atoms with Crippen molar-refractivity contribution in [2.45, 2.75) is 234 Å². The van der Waals surface area contributed by atoms with Crippen LogP contribution in [-0.4, -0.2) is 27.4 Å². The molecule has 3 rings (SSSR count). The van der Waals surface area contributed by atoms with Crippen molar-refractivity contribution < 1.29 is 30.3 Å². The molecular weight excluding hydrogens is 902 g/mol. The number of unbranched alkanes of at least 4 members (excludes halogenated alkanes) is 30. The van der Waals surface area contributed by atoms with Gasteiger partial charge in [-0.15, -0.1) is 0 Å². The van der Waals surface area contributed by atoms with Crippen LogP contribution >= 0.6 is 0 Å². The van der Waals surface area contributed by atoms with Crippen LogP contribution in [0.25, 0.3) is 0 Å². The van der Waals surface area contributed by atoms with Gasteiger partial charge in [-0.25, -0.2) is 0 Å². The molecule has 0 aliphatic carbocycles. The Kier molecular flexibility index (Phi) is 30.8. The summed E-state index contributed by atoms with van der Waals surface area (Å²) in [4.78, 5) is 3.97. The summed E-state index contributed by atoms with van der Waals surface area (Å²) in [5.74, 6) is 1.96. The van der Waals surface area contributed by atoms with E-state index in [1.165, 1.54) is 207 Å². The van der Waals surface area contributed by atoms with Gasteiger partial charge < -0.3 is 9.47 Å². The van der Waals surface area contributed by atoms with Crippen molar-refractivity contribution in [3.8, 4) is 11.5 Å². The molecule has 0 aliphatic rings. The summed E-state index contributed by atoms with van der Waals surface area (Å²) in [6, 6.07) is 28.7. The van der Waals surface area contributed by atoms with Crippen LogP contribution in [0, 0.1) is 0 Å². The zero-order valence-corrected chi connectivity index (χ0v) is 42.7. The first-order chi connectivity index (χ1) is 30.8. The third kappa shape index (κ3) is 35.9. The van der Waals surface area contributed by atoms with Crippen molar-refractivity contribution in [3.05, 3.63) is 78.9 Å². The van der Waals surface area contributed by atoms with Crippen molar-refractivity contribution >= 4 is 25.1 Å². The summed E-state index contributed by atoms with van der Waals surface area (Å²) in [5, 5.41) is 0. The van der Waals surface area contributed by atoms with Crippen molar-refractivity contribution in [3.63, 3.8) is 0 Å². The minimum atomic E-state index is -11.1. The topological polar surface area (TPSA) is 18.5 Å². The van der Waals surface area contributed by atoms with Gasteiger partial charge in [0.1, 0.15) is 11.5 Å². The van der Waals surface area contributed by atoms with Gasteiger partial charge in [0.15, 0.2) is 14.7 Å².